The molecule has 0 amide bonds. The number of hydrogen-bond donors (Lipinski definition) is 0. The number of nitrogens with zero attached hydrogens (tertiary/aromatic N) is 4. The van der Waals surface area contributed by atoms with Gasteiger partial charge in [-0.15, -0.1) is 0 Å². The summed E-state index contributed by atoms with van der Waals surface area (Å²) in [5.41, 5.74) is 6.57. The van der Waals surface area contributed by atoms with E-state index in [1.807, 2.05) is 18.3 Å². The molecule has 3 heterocycles. The fourth-order valence-corrected chi connectivity index (χ4v) is 5.56. The monoisotopic (exact) mass is 570 g/mol. The van der Waals surface area contributed by atoms with Gasteiger partial charge in [0.25, 0.3) is 0 Å². The lowest BCUT2D eigenvalue weighted by Gasteiger charge is -2.20. The second-order valence-electron chi connectivity index (χ2n) is 14.6. The molecule has 3 aromatic heterocycles. The smallest absolute Gasteiger partial charge is 0.137 e. The van der Waals surface area contributed by atoms with E-state index in [2.05, 4.69) is 144 Å². The predicted molar refractivity (Wildman–Crippen MR) is 178 cm³/mol. The molecule has 0 saturated carbocycles. The highest BCUT2D eigenvalue weighted by Gasteiger charge is 2.26. The fraction of sp³-hybridized carbons (Fsp3) is 0.316. The van der Waals surface area contributed by atoms with E-state index < -0.39 is 0 Å². The Kier molecular flexibility index (Phi) is 6.76. The lowest BCUT2D eigenvalue weighted by atomic mass is 9.88. The van der Waals surface area contributed by atoms with Crippen molar-refractivity contribution >= 4 is 21.8 Å². The zero-order valence-corrected chi connectivity index (χ0v) is 26.9. The summed E-state index contributed by atoms with van der Waals surface area (Å²) in [4.78, 5) is 4.81. The normalized spacial score (nSPS) is 12.8. The maximum absolute atomic E-state index is 6.54. The second kappa shape index (κ2) is 10.1. The van der Waals surface area contributed by atoms with E-state index in [0.717, 1.165) is 39.7 Å². The van der Waals surface area contributed by atoms with Crippen molar-refractivity contribution in [1.29, 1.82) is 0 Å². The van der Waals surface area contributed by atoms with Crippen LogP contribution in [-0.2, 0) is 16.2 Å². The Morgan fingerprint density at radius 1 is 0.605 bits per heavy atom. The largest absolute Gasteiger partial charge is 0.457 e. The third-order valence-corrected chi connectivity index (χ3v) is 8.03. The van der Waals surface area contributed by atoms with Gasteiger partial charge in [0.15, 0.2) is 0 Å². The van der Waals surface area contributed by atoms with Gasteiger partial charge in [-0.05, 0) is 59.5 Å². The molecule has 5 nitrogen and oxygen atoms in total. The first-order chi connectivity index (χ1) is 20.2. The highest BCUT2D eigenvalue weighted by atomic mass is 16.5. The van der Waals surface area contributed by atoms with E-state index in [0.29, 0.717) is 0 Å². The van der Waals surface area contributed by atoms with Crippen LogP contribution >= 0.6 is 0 Å². The average Bonchev–Trinajstić information content (AvgIpc) is 3.54. The van der Waals surface area contributed by atoms with Gasteiger partial charge in [-0.2, -0.15) is 5.10 Å². The second-order valence-corrected chi connectivity index (χ2v) is 14.6. The summed E-state index contributed by atoms with van der Waals surface area (Å²) in [7, 11) is 0. The van der Waals surface area contributed by atoms with Crippen molar-refractivity contribution in [3.63, 3.8) is 0 Å². The molecule has 0 radical (unpaired) electrons. The van der Waals surface area contributed by atoms with Crippen molar-refractivity contribution in [2.45, 2.75) is 78.6 Å². The first kappa shape index (κ1) is 28.7. The Balaban J connectivity index is 1.44. The zero-order chi connectivity index (χ0) is 30.7. The molecular formula is C38H42N4O. The maximum Gasteiger partial charge on any atom is 0.137 e. The Hall–Kier alpha value is -4.38. The average molecular weight is 571 g/mol. The molecule has 5 heteroatoms. The molecule has 0 aliphatic rings. The van der Waals surface area contributed by atoms with Crippen LogP contribution in [0.15, 0.2) is 91.1 Å². The summed E-state index contributed by atoms with van der Waals surface area (Å²) in [6, 6.07) is 29.6. The van der Waals surface area contributed by atoms with Crippen LogP contribution in [0.1, 0.15) is 79.3 Å². The summed E-state index contributed by atoms with van der Waals surface area (Å²) in [6.07, 6.45) is 1.91. The van der Waals surface area contributed by atoms with Crippen LogP contribution in [-0.4, -0.2) is 19.3 Å². The van der Waals surface area contributed by atoms with Gasteiger partial charge in [0.05, 0.1) is 22.4 Å². The van der Waals surface area contributed by atoms with Crippen LogP contribution in [0.2, 0.25) is 0 Å². The van der Waals surface area contributed by atoms with E-state index in [9.17, 15) is 0 Å². The number of fused-ring (bicyclic) bond motifs is 3. The van der Waals surface area contributed by atoms with Crippen LogP contribution in [0.3, 0.4) is 0 Å². The van der Waals surface area contributed by atoms with Gasteiger partial charge in [-0.25, -0.2) is 9.67 Å². The molecule has 0 saturated heterocycles. The molecule has 0 unspecified atom stereocenters. The highest BCUT2D eigenvalue weighted by molar-refractivity contribution is 6.09. The Bertz CT molecular complexity index is 1950. The van der Waals surface area contributed by atoms with Gasteiger partial charge in [0, 0.05) is 45.6 Å². The first-order valence-electron chi connectivity index (χ1n) is 15.1. The lowest BCUT2D eigenvalue weighted by Crippen LogP contribution is -2.17. The molecule has 0 aliphatic heterocycles. The van der Waals surface area contributed by atoms with E-state index in [-0.39, 0.29) is 16.2 Å². The zero-order valence-electron chi connectivity index (χ0n) is 26.9. The Labute approximate surface area is 255 Å². The van der Waals surface area contributed by atoms with Crippen LogP contribution in [0.4, 0.5) is 0 Å². The summed E-state index contributed by atoms with van der Waals surface area (Å²) in [5.74, 6) is 2.44. The third-order valence-electron chi connectivity index (χ3n) is 8.03. The number of para-hydroxylation sites is 1. The van der Waals surface area contributed by atoms with Gasteiger partial charge < -0.3 is 4.74 Å². The first-order valence-corrected chi connectivity index (χ1v) is 15.1. The molecule has 6 rings (SSSR count). The van der Waals surface area contributed by atoms with E-state index >= 15 is 0 Å². The molecule has 6 aromatic rings. The number of hydrogen-bond acceptors (Lipinski definition) is 3. The number of benzene rings is 3. The van der Waals surface area contributed by atoms with Crippen molar-refractivity contribution in [2.75, 3.05) is 0 Å². The number of ether oxygens (including phenoxy) is 1. The lowest BCUT2D eigenvalue weighted by molar-refractivity contribution is 0.482. The Morgan fingerprint density at radius 2 is 1.33 bits per heavy atom. The van der Waals surface area contributed by atoms with Gasteiger partial charge in [0.1, 0.15) is 17.3 Å². The minimum atomic E-state index is -0.0653. The van der Waals surface area contributed by atoms with Crippen LogP contribution < -0.4 is 4.74 Å². The minimum absolute atomic E-state index is 0.0187. The molecule has 0 spiro atoms. The highest BCUT2D eigenvalue weighted by Crippen LogP contribution is 2.37. The van der Waals surface area contributed by atoms with Crippen LogP contribution in [0.25, 0.3) is 33.3 Å². The third kappa shape index (κ3) is 5.45. The SMILES string of the molecule is CC(C)(C)c1ccnc(-n2c3ccccc3c3ccc(Oc4cccc(-n5nc(C(C)(C)C)cc5C(C)(C)C)c4)cc32)c1. The van der Waals surface area contributed by atoms with Crippen LogP contribution in [0.5, 0.6) is 11.5 Å². The number of aromatic nitrogens is 4. The summed E-state index contributed by atoms with van der Waals surface area (Å²) >= 11 is 0. The minimum Gasteiger partial charge on any atom is -0.457 e. The van der Waals surface area contributed by atoms with Crippen LogP contribution in [0, 0.1) is 0 Å². The molecule has 0 aliphatic carbocycles. The van der Waals surface area contributed by atoms with E-state index in [1.165, 1.54) is 22.0 Å². The molecule has 3 aromatic carbocycles. The van der Waals surface area contributed by atoms with Crippen molar-refractivity contribution < 1.29 is 4.74 Å². The number of pyridine rings is 1. The fourth-order valence-electron chi connectivity index (χ4n) is 5.56. The van der Waals surface area contributed by atoms with Crippen molar-refractivity contribution in [2.24, 2.45) is 0 Å². The molecule has 0 bridgehead atoms. The standard InChI is InChI=1S/C38H42N4O/c1-36(2,3)25-19-20-39-35(21-25)41-31-16-11-10-15-29(31)30-18-17-28(23-32(30)41)43-27-14-12-13-26(22-27)42-34(38(7,8)9)24-33(40-42)37(4,5)6/h10-24H,1-9H3. The molecular weight excluding hydrogens is 528 g/mol. The molecule has 43 heavy (non-hydrogen) atoms. The quantitative estimate of drug-likeness (QED) is 0.212. The van der Waals surface area contributed by atoms with E-state index in [4.69, 9.17) is 14.8 Å². The maximum atomic E-state index is 6.54. The predicted octanol–water partition coefficient (Wildman–Crippen LogP) is 10.0. The van der Waals surface area contributed by atoms with Gasteiger partial charge in [0.2, 0.25) is 0 Å². The summed E-state index contributed by atoms with van der Waals surface area (Å²) < 4.78 is 10.9. The summed E-state index contributed by atoms with van der Waals surface area (Å²) in [6.45, 7) is 20.0. The van der Waals surface area contributed by atoms with Crippen molar-refractivity contribution in [3.05, 3.63) is 108 Å². The molecule has 0 atom stereocenters. The topological polar surface area (TPSA) is 44.9 Å². The molecule has 220 valence electrons. The molecule has 0 fully saturated rings. The van der Waals surface area contributed by atoms with E-state index in [1.54, 1.807) is 0 Å². The van der Waals surface area contributed by atoms with Gasteiger partial charge >= 0.3 is 0 Å². The number of rotatable bonds is 4. The Morgan fingerprint density at radius 3 is 2.05 bits per heavy atom. The van der Waals surface area contributed by atoms with Crippen molar-refractivity contribution in [1.82, 2.24) is 19.3 Å². The summed E-state index contributed by atoms with van der Waals surface area (Å²) in [5, 5.41) is 7.41. The van der Waals surface area contributed by atoms with Crippen molar-refractivity contribution in [3.8, 4) is 23.0 Å². The van der Waals surface area contributed by atoms with Gasteiger partial charge in [-0.3, -0.25) is 4.57 Å². The van der Waals surface area contributed by atoms with Gasteiger partial charge in [-0.1, -0.05) is 86.6 Å². The molecule has 0 N–H and O–H groups in total.